The van der Waals surface area contributed by atoms with Gasteiger partial charge in [0.25, 0.3) is 0 Å². The molecule has 0 aromatic heterocycles. The monoisotopic (exact) mass is 372 g/mol. The Balaban J connectivity index is 0.00000256. The molecule has 7 heteroatoms. The second-order valence-electron chi connectivity index (χ2n) is 3.68. The number of likely N-dealkylation sites (N-methyl/N-ethyl adjacent to an activating group) is 1. The number of carbonyl (C=O) groups is 1. The van der Waals surface area contributed by atoms with Crippen molar-refractivity contribution in [3.8, 4) is 0 Å². The Labute approximate surface area is 124 Å². The summed E-state index contributed by atoms with van der Waals surface area (Å²) in [7, 11) is 1.77. The topological polar surface area (TPSA) is 61.9 Å². The van der Waals surface area contributed by atoms with Gasteiger partial charge in [0.2, 0.25) is 5.91 Å². The van der Waals surface area contributed by atoms with Crippen LogP contribution in [0.15, 0.2) is 4.99 Å². The predicted molar refractivity (Wildman–Crippen MR) is 84.1 cm³/mol. The molecule has 1 fully saturated rings. The van der Waals surface area contributed by atoms with Crippen molar-refractivity contribution in [2.24, 2.45) is 10.7 Å². The van der Waals surface area contributed by atoms with Gasteiger partial charge < -0.3 is 15.5 Å². The average molecular weight is 372 g/mol. The Hall–Kier alpha value is -0.180. The molecule has 100 valence electrons. The summed E-state index contributed by atoms with van der Waals surface area (Å²) in [6, 6.07) is 0. The number of aliphatic imine (C=N–C) groups is 1. The van der Waals surface area contributed by atoms with Gasteiger partial charge in [-0.3, -0.25) is 4.79 Å². The third-order valence-electron chi connectivity index (χ3n) is 2.61. The van der Waals surface area contributed by atoms with Crippen molar-refractivity contribution in [2.75, 3.05) is 44.7 Å². The number of guanidine groups is 1. The second-order valence-corrected chi connectivity index (χ2v) is 4.91. The van der Waals surface area contributed by atoms with Crippen molar-refractivity contribution >= 4 is 47.6 Å². The van der Waals surface area contributed by atoms with E-state index in [2.05, 4.69) is 4.99 Å². The molecule has 17 heavy (non-hydrogen) atoms. The van der Waals surface area contributed by atoms with E-state index in [1.165, 1.54) is 0 Å². The highest BCUT2D eigenvalue weighted by atomic mass is 127. The first-order chi connectivity index (χ1) is 7.65. The molecule has 0 bridgehead atoms. The summed E-state index contributed by atoms with van der Waals surface area (Å²) in [5, 5.41) is 0. The fourth-order valence-electron chi connectivity index (χ4n) is 1.34. The van der Waals surface area contributed by atoms with Gasteiger partial charge in [0.15, 0.2) is 5.96 Å². The molecule has 1 saturated heterocycles. The lowest BCUT2D eigenvalue weighted by Crippen LogP contribution is -2.43. The van der Waals surface area contributed by atoms with Crippen LogP contribution in [0, 0.1) is 0 Å². The number of carbonyl (C=O) groups excluding carboxylic acids is 1. The summed E-state index contributed by atoms with van der Waals surface area (Å²) >= 11 is 1.92. The zero-order valence-electron chi connectivity index (χ0n) is 10.4. The fourth-order valence-corrected chi connectivity index (χ4v) is 2.24. The molecule has 0 unspecified atom stereocenters. The van der Waals surface area contributed by atoms with Crippen LogP contribution in [0.5, 0.6) is 0 Å². The summed E-state index contributed by atoms with van der Waals surface area (Å²) in [6.07, 6.45) is 0. The molecule has 0 radical (unpaired) electrons. The predicted octanol–water partition coefficient (Wildman–Crippen LogP) is 0.446. The van der Waals surface area contributed by atoms with Crippen LogP contribution < -0.4 is 5.73 Å². The molecule has 5 nitrogen and oxygen atoms in total. The quantitative estimate of drug-likeness (QED) is 0.444. The molecule has 2 N–H and O–H groups in total. The highest BCUT2D eigenvalue weighted by molar-refractivity contribution is 14.0. The molecule has 1 aliphatic heterocycles. The van der Waals surface area contributed by atoms with E-state index in [4.69, 9.17) is 5.73 Å². The van der Waals surface area contributed by atoms with Crippen molar-refractivity contribution in [3.05, 3.63) is 0 Å². The van der Waals surface area contributed by atoms with Crippen LogP contribution in [0.2, 0.25) is 0 Å². The third-order valence-corrected chi connectivity index (χ3v) is 3.55. The van der Waals surface area contributed by atoms with Crippen molar-refractivity contribution in [1.82, 2.24) is 9.80 Å². The maximum Gasteiger partial charge on any atom is 0.244 e. The van der Waals surface area contributed by atoms with Gasteiger partial charge >= 0.3 is 0 Å². The Morgan fingerprint density at radius 1 is 1.47 bits per heavy atom. The summed E-state index contributed by atoms with van der Waals surface area (Å²) in [5.74, 6) is 2.67. The van der Waals surface area contributed by atoms with Gasteiger partial charge in [-0.05, 0) is 6.92 Å². The van der Waals surface area contributed by atoms with Gasteiger partial charge in [-0.2, -0.15) is 11.8 Å². The van der Waals surface area contributed by atoms with Crippen LogP contribution >= 0.6 is 35.7 Å². The van der Waals surface area contributed by atoms with Gasteiger partial charge in [-0.1, -0.05) is 0 Å². The second kappa shape index (κ2) is 8.84. The minimum atomic E-state index is 0. The smallest absolute Gasteiger partial charge is 0.244 e. The van der Waals surface area contributed by atoms with Crippen LogP contribution in [-0.2, 0) is 4.79 Å². The highest BCUT2D eigenvalue weighted by Crippen LogP contribution is 2.08. The summed E-state index contributed by atoms with van der Waals surface area (Å²) in [4.78, 5) is 19.3. The molecule has 0 aliphatic carbocycles. The van der Waals surface area contributed by atoms with E-state index >= 15 is 0 Å². The van der Waals surface area contributed by atoms with Crippen LogP contribution in [0.3, 0.4) is 0 Å². The molecule has 1 heterocycles. The van der Waals surface area contributed by atoms with E-state index in [9.17, 15) is 4.79 Å². The number of nitrogens with zero attached hydrogens (tertiary/aromatic N) is 3. The highest BCUT2D eigenvalue weighted by Gasteiger charge is 2.13. The van der Waals surface area contributed by atoms with E-state index in [-0.39, 0.29) is 36.4 Å². The van der Waals surface area contributed by atoms with E-state index in [0.29, 0.717) is 12.5 Å². The van der Waals surface area contributed by atoms with Crippen molar-refractivity contribution in [2.45, 2.75) is 6.92 Å². The van der Waals surface area contributed by atoms with Gasteiger partial charge in [0.1, 0.15) is 6.54 Å². The molecular weight excluding hydrogens is 351 g/mol. The Morgan fingerprint density at radius 3 is 2.59 bits per heavy atom. The molecule has 0 saturated carbocycles. The van der Waals surface area contributed by atoms with Gasteiger partial charge in [0.05, 0.1) is 0 Å². The largest absolute Gasteiger partial charge is 0.370 e. The van der Waals surface area contributed by atoms with Crippen LogP contribution in [0.25, 0.3) is 0 Å². The van der Waals surface area contributed by atoms with E-state index in [0.717, 1.165) is 24.6 Å². The number of rotatable bonds is 3. The van der Waals surface area contributed by atoms with E-state index in [1.807, 2.05) is 23.6 Å². The third kappa shape index (κ3) is 5.80. The fraction of sp³-hybridized carbons (Fsp3) is 0.800. The summed E-state index contributed by atoms with van der Waals surface area (Å²) in [6.45, 7) is 4.65. The van der Waals surface area contributed by atoms with Crippen LogP contribution in [-0.4, -0.2) is 66.4 Å². The lowest BCUT2D eigenvalue weighted by atomic mass is 10.5. The Kier molecular flexibility index (Phi) is 8.75. The standard InChI is InChI=1S/C10H20N4OS.HI/c1-3-13(2)9(15)8-12-10(11)14-4-6-16-7-5-14;/h3-8H2,1-2H3,(H2,11,12);1H. The van der Waals surface area contributed by atoms with Crippen LogP contribution in [0.4, 0.5) is 0 Å². The Bertz CT molecular complexity index is 269. The molecule has 0 spiro atoms. The minimum absolute atomic E-state index is 0. The normalized spacial score (nSPS) is 16.4. The lowest BCUT2D eigenvalue weighted by molar-refractivity contribution is -0.128. The zero-order chi connectivity index (χ0) is 12.0. The van der Waals surface area contributed by atoms with Crippen LogP contribution in [0.1, 0.15) is 6.92 Å². The number of amides is 1. The Morgan fingerprint density at radius 2 is 2.06 bits per heavy atom. The summed E-state index contributed by atoms with van der Waals surface area (Å²) < 4.78 is 0. The number of hydrogen-bond donors (Lipinski definition) is 1. The molecule has 1 rings (SSSR count). The van der Waals surface area contributed by atoms with Crippen molar-refractivity contribution in [3.63, 3.8) is 0 Å². The zero-order valence-corrected chi connectivity index (χ0v) is 13.5. The number of nitrogens with two attached hydrogens (primary N) is 1. The lowest BCUT2D eigenvalue weighted by Gasteiger charge is -2.27. The maximum absolute atomic E-state index is 11.5. The number of halogens is 1. The first-order valence-corrected chi connectivity index (χ1v) is 6.67. The van der Waals surface area contributed by atoms with Gasteiger partial charge in [-0.15, -0.1) is 24.0 Å². The maximum atomic E-state index is 11.5. The first-order valence-electron chi connectivity index (χ1n) is 5.51. The van der Waals surface area contributed by atoms with E-state index < -0.39 is 0 Å². The average Bonchev–Trinajstić information content (AvgIpc) is 2.35. The van der Waals surface area contributed by atoms with Crippen molar-refractivity contribution < 1.29 is 4.79 Å². The number of thioether (sulfide) groups is 1. The molecule has 1 aliphatic rings. The first kappa shape index (κ1) is 16.8. The molecule has 0 aromatic rings. The minimum Gasteiger partial charge on any atom is -0.370 e. The van der Waals surface area contributed by atoms with Gasteiger partial charge in [-0.25, -0.2) is 4.99 Å². The van der Waals surface area contributed by atoms with Gasteiger partial charge in [0, 0.05) is 38.2 Å². The molecule has 1 amide bonds. The molecular formula is C10H21IN4OS. The van der Waals surface area contributed by atoms with E-state index in [1.54, 1.807) is 11.9 Å². The molecule has 0 atom stereocenters. The van der Waals surface area contributed by atoms with Crippen molar-refractivity contribution in [1.29, 1.82) is 0 Å². The number of hydrogen-bond acceptors (Lipinski definition) is 3. The SMILES string of the molecule is CCN(C)C(=O)CN=C(N)N1CCSCC1.I. The molecule has 0 aromatic carbocycles. The summed E-state index contributed by atoms with van der Waals surface area (Å²) in [5.41, 5.74) is 5.83.